The van der Waals surface area contributed by atoms with E-state index in [0.29, 0.717) is 6.54 Å². The van der Waals surface area contributed by atoms with Gasteiger partial charge in [-0.15, -0.1) is 0 Å². The lowest BCUT2D eigenvalue weighted by Gasteiger charge is -2.21. The number of hydrogen-bond donors (Lipinski definition) is 4. The molecule has 10 nitrogen and oxygen atoms in total. The molecular weight excluding hydrogens is 416 g/mol. The fourth-order valence-corrected chi connectivity index (χ4v) is 4.04. The highest BCUT2D eigenvalue weighted by Crippen LogP contribution is 2.28. The Kier molecular flexibility index (Phi) is 12.5. The number of aliphatic carboxylic acids is 2. The molecule has 1 fully saturated rings. The fraction of sp³-hybridized carbons (Fsp3) is 0.579. The van der Waals surface area contributed by atoms with Gasteiger partial charge in [-0.1, -0.05) is 31.4 Å². The van der Waals surface area contributed by atoms with Crippen LogP contribution >= 0.6 is 11.8 Å². The molecule has 1 aromatic rings. The first-order chi connectivity index (χ1) is 14.3. The number of thioether (sulfide) groups is 1. The molecule has 0 heterocycles. The lowest BCUT2D eigenvalue weighted by molar-refractivity contribution is -0.385. The Morgan fingerprint density at radius 2 is 1.83 bits per heavy atom. The Morgan fingerprint density at radius 3 is 2.43 bits per heavy atom. The summed E-state index contributed by atoms with van der Waals surface area (Å²) in [7, 11) is 0. The number of ether oxygens (including phenoxy) is 1. The van der Waals surface area contributed by atoms with Crippen LogP contribution in [0.4, 0.5) is 5.69 Å². The largest absolute Gasteiger partial charge is 0.484 e. The van der Waals surface area contributed by atoms with Crippen molar-refractivity contribution < 1.29 is 34.6 Å². The van der Waals surface area contributed by atoms with E-state index in [-0.39, 0.29) is 18.0 Å². The third-order valence-corrected chi connectivity index (χ3v) is 5.62. The normalized spacial score (nSPS) is 14.8. The van der Waals surface area contributed by atoms with Gasteiger partial charge in [-0.2, -0.15) is 11.8 Å². The number of nitrogens with zero attached hydrogens (tertiary/aromatic N) is 1. The number of nitro groups is 1. The van der Waals surface area contributed by atoms with Crippen LogP contribution < -0.4 is 10.1 Å². The highest BCUT2D eigenvalue weighted by Gasteiger charge is 2.15. The zero-order valence-corrected chi connectivity index (χ0v) is 17.4. The summed E-state index contributed by atoms with van der Waals surface area (Å²) in [6.07, 6.45) is 6.05. The van der Waals surface area contributed by atoms with Crippen molar-refractivity contribution >= 4 is 29.4 Å². The molecule has 168 valence electrons. The van der Waals surface area contributed by atoms with Crippen molar-refractivity contribution in [1.29, 1.82) is 0 Å². The van der Waals surface area contributed by atoms with E-state index in [4.69, 9.17) is 24.5 Å². The summed E-state index contributed by atoms with van der Waals surface area (Å²) in [6, 6.07) is 6.20. The van der Waals surface area contributed by atoms with Crippen molar-refractivity contribution in [1.82, 2.24) is 5.32 Å². The van der Waals surface area contributed by atoms with Crippen molar-refractivity contribution in [3.05, 3.63) is 34.4 Å². The number of nitrogens with one attached hydrogen (secondary N) is 1. The molecule has 11 heteroatoms. The van der Waals surface area contributed by atoms with Gasteiger partial charge >= 0.3 is 17.6 Å². The maximum absolute atomic E-state index is 10.9. The minimum atomic E-state index is -1.82. The number of para-hydroxylation sites is 2. The van der Waals surface area contributed by atoms with Crippen LogP contribution in [0.3, 0.4) is 0 Å². The molecular formula is C19H28N2O8S. The second-order valence-electron chi connectivity index (χ2n) is 6.63. The molecule has 1 aliphatic carbocycles. The van der Waals surface area contributed by atoms with Crippen molar-refractivity contribution in [2.45, 2.75) is 43.5 Å². The van der Waals surface area contributed by atoms with E-state index in [0.717, 1.165) is 17.5 Å². The van der Waals surface area contributed by atoms with Crippen LogP contribution in [0, 0.1) is 10.1 Å². The van der Waals surface area contributed by atoms with E-state index >= 15 is 0 Å². The molecule has 0 radical (unpaired) electrons. The van der Waals surface area contributed by atoms with Gasteiger partial charge in [0.2, 0.25) is 0 Å². The number of hydrogen-bond acceptors (Lipinski definition) is 8. The van der Waals surface area contributed by atoms with E-state index in [1.807, 2.05) is 11.8 Å². The summed E-state index contributed by atoms with van der Waals surface area (Å²) in [4.78, 5) is 28.6. The highest BCUT2D eigenvalue weighted by atomic mass is 32.2. The average molecular weight is 445 g/mol. The molecule has 0 aromatic heterocycles. The van der Waals surface area contributed by atoms with Crippen LogP contribution in [0.2, 0.25) is 0 Å². The van der Waals surface area contributed by atoms with Crippen LogP contribution in [0.25, 0.3) is 0 Å². The Balaban J connectivity index is 0.000000656. The number of nitro benzene ring substituents is 1. The number of carbonyl (C=O) groups is 2. The first kappa shape index (κ1) is 25.7. The van der Waals surface area contributed by atoms with Gasteiger partial charge in [0, 0.05) is 30.2 Å². The highest BCUT2D eigenvalue weighted by molar-refractivity contribution is 7.99. The van der Waals surface area contributed by atoms with Crippen LogP contribution in [0.15, 0.2) is 24.3 Å². The maximum Gasteiger partial charge on any atom is 0.414 e. The second kappa shape index (κ2) is 14.6. The summed E-state index contributed by atoms with van der Waals surface area (Å²) in [6.45, 7) is 1.31. The first-order valence-electron chi connectivity index (χ1n) is 9.64. The van der Waals surface area contributed by atoms with Gasteiger partial charge in [-0.05, 0) is 18.9 Å². The van der Waals surface area contributed by atoms with Gasteiger partial charge in [0.05, 0.1) is 4.92 Å². The molecule has 1 saturated carbocycles. The zero-order valence-electron chi connectivity index (χ0n) is 16.6. The molecule has 4 N–H and O–H groups in total. The third kappa shape index (κ3) is 11.0. The average Bonchev–Trinajstić information content (AvgIpc) is 2.73. The number of carboxylic acids is 2. The molecule has 30 heavy (non-hydrogen) atoms. The number of carboxylic acid groups (broad SMARTS) is 2. The second-order valence-corrected chi connectivity index (χ2v) is 8.04. The topological polar surface area (TPSA) is 159 Å². The van der Waals surface area contributed by atoms with Crippen molar-refractivity contribution in [3.8, 4) is 5.75 Å². The van der Waals surface area contributed by atoms with Crippen LogP contribution in [0.5, 0.6) is 5.75 Å². The minimum absolute atomic E-state index is 0.0353. The molecule has 1 unspecified atom stereocenters. The number of aliphatic hydroxyl groups excluding tert-OH is 1. The summed E-state index contributed by atoms with van der Waals surface area (Å²) in [5.41, 5.74) is -0.0819. The van der Waals surface area contributed by atoms with Crippen molar-refractivity contribution in [2.24, 2.45) is 0 Å². The van der Waals surface area contributed by atoms with Crippen molar-refractivity contribution in [3.63, 3.8) is 0 Å². The van der Waals surface area contributed by atoms with Crippen LogP contribution in [-0.2, 0) is 9.59 Å². The number of rotatable bonds is 10. The van der Waals surface area contributed by atoms with Gasteiger partial charge < -0.3 is 25.4 Å². The molecule has 0 amide bonds. The van der Waals surface area contributed by atoms with Gasteiger partial charge in [0.25, 0.3) is 0 Å². The van der Waals surface area contributed by atoms with Crippen LogP contribution in [0.1, 0.15) is 32.1 Å². The van der Waals surface area contributed by atoms with E-state index < -0.39 is 23.0 Å². The smallest absolute Gasteiger partial charge is 0.414 e. The summed E-state index contributed by atoms with van der Waals surface area (Å²) in [5.74, 6) is -2.41. The molecule has 0 spiro atoms. The summed E-state index contributed by atoms with van der Waals surface area (Å²) < 4.78 is 5.38. The van der Waals surface area contributed by atoms with Gasteiger partial charge in [-0.25, -0.2) is 9.59 Å². The van der Waals surface area contributed by atoms with E-state index in [2.05, 4.69) is 5.32 Å². The summed E-state index contributed by atoms with van der Waals surface area (Å²) in [5, 5.41) is 39.6. The Hall–Kier alpha value is -2.37. The van der Waals surface area contributed by atoms with E-state index in [1.54, 1.807) is 18.2 Å². The quantitative estimate of drug-likeness (QED) is 0.182. The molecule has 1 atom stereocenters. The first-order valence-corrected chi connectivity index (χ1v) is 10.7. The molecule has 0 aliphatic heterocycles. The Labute approximate surface area is 178 Å². The fourth-order valence-electron chi connectivity index (χ4n) is 2.77. The zero-order chi connectivity index (χ0) is 22.4. The molecule has 2 rings (SSSR count). The van der Waals surface area contributed by atoms with E-state index in [9.17, 15) is 15.2 Å². The van der Waals surface area contributed by atoms with Crippen LogP contribution in [-0.4, -0.2) is 69.0 Å². The number of benzene rings is 1. The number of aliphatic hydroxyl groups is 1. The SMILES string of the molecule is O=C(O)C(=O)O.O=[N+]([O-])c1ccccc1OCC(O)CNCCSC1CCCCC1. The van der Waals surface area contributed by atoms with Gasteiger partial charge in [0.1, 0.15) is 12.7 Å². The minimum Gasteiger partial charge on any atom is -0.484 e. The molecule has 0 bridgehead atoms. The molecule has 0 saturated heterocycles. The van der Waals surface area contributed by atoms with Crippen molar-refractivity contribution in [2.75, 3.05) is 25.4 Å². The third-order valence-electron chi connectivity index (χ3n) is 4.24. The maximum atomic E-state index is 10.9. The van der Waals surface area contributed by atoms with E-state index in [1.165, 1.54) is 38.2 Å². The molecule has 1 aromatic carbocycles. The van der Waals surface area contributed by atoms with Gasteiger partial charge in [-0.3, -0.25) is 10.1 Å². The van der Waals surface area contributed by atoms with Gasteiger partial charge in [0.15, 0.2) is 5.75 Å². The predicted molar refractivity (Wildman–Crippen MR) is 112 cm³/mol. The molecule has 1 aliphatic rings. The monoisotopic (exact) mass is 444 g/mol. The predicted octanol–water partition coefficient (Wildman–Crippen LogP) is 2.15. The Bertz CT molecular complexity index is 670. The lowest BCUT2D eigenvalue weighted by atomic mass is 10.0. The standard InChI is InChI=1S/C17H26N2O4S.C2H2O4/c20-14(12-18-10-11-24-15-6-2-1-3-7-15)13-23-17-9-5-4-8-16(17)19(21)22;3-1(4)2(5)6/h4-5,8-9,14-15,18,20H,1-3,6-7,10-13H2;(H,3,4)(H,5,6). The summed E-state index contributed by atoms with van der Waals surface area (Å²) >= 11 is 2.01. The Morgan fingerprint density at radius 1 is 1.20 bits per heavy atom. The lowest BCUT2D eigenvalue weighted by Crippen LogP contribution is -2.33.